The molecule has 0 spiro atoms. The van der Waals surface area contributed by atoms with Crippen molar-refractivity contribution in [2.45, 2.75) is 0 Å². The van der Waals surface area contributed by atoms with Crippen LogP contribution in [0.15, 0.2) is 188 Å². The molecule has 0 fully saturated rings. The van der Waals surface area contributed by atoms with Crippen molar-refractivity contribution in [3.05, 3.63) is 188 Å². The average molecular weight is 694 g/mol. The number of fused-ring (bicyclic) bond motifs is 10. The molecule has 8 aromatic carbocycles. The molecule has 0 aliphatic heterocycles. The molecular weight excluding hydrogens is 663 g/mol. The van der Waals surface area contributed by atoms with Gasteiger partial charge in [-0.15, -0.1) is 11.3 Å². The summed E-state index contributed by atoms with van der Waals surface area (Å²) in [5.41, 5.74) is 10.0. The normalized spacial score (nSPS) is 11.8. The lowest BCUT2D eigenvalue weighted by molar-refractivity contribution is 1.18. The lowest BCUT2D eigenvalue weighted by atomic mass is 9.96. The van der Waals surface area contributed by atoms with Crippen LogP contribution in [0.2, 0.25) is 0 Å². The fourth-order valence-corrected chi connectivity index (χ4v) is 9.46. The fraction of sp³-hybridized carbons (Fsp3) is 0. The van der Waals surface area contributed by atoms with Gasteiger partial charge in [-0.3, -0.25) is 0 Å². The van der Waals surface area contributed by atoms with Gasteiger partial charge in [-0.25, -0.2) is 4.98 Å². The van der Waals surface area contributed by atoms with Crippen LogP contribution in [0, 0.1) is 0 Å². The summed E-state index contributed by atoms with van der Waals surface area (Å²) in [5.74, 6) is 0. The smallest absolute Gasteiger partial charge is 0.0788 e. The van der Waals surface area contributed by atoms with E-state index in [9.17, 15) is 0 Å². The van der Waals surface area contributed by atoms with Gasteiger partial charge in [0.05, 0.1) is 32.6 Å². The van der Waals surface area contributed by atoms with Gasteiger partial charge in [-0.05, 0) is 66.7 Å². The van der Waals surface area contributed by atoms with E-state index in [2.05, 4.69) is 198 Å². The van der Waals surface area contributed by atoms with E-state index in [4.69, 9.17) is 4.98 Å². The number of benzene rings is 8. The Labute approximate surface area is 310 Å². The van der Waals surface area contributed by atoms with Gasteiger partial charge >= 0.3 is 0 Å². The van der Waals surface area contributed by atoms with Crippen molar-refractivity contribution < 1.29 is 0 Å². The van der Waals surface area contributed by atoms with Crippen LogP contribution in [0.5, 0.6) is 0 Å². The molecule has 0 saturated heterocycles. The number of aromatic nitrogens is 2. The summed E-state index contributed by atoms with van der Waals surface area (Å²) in [6.45, 7) is 0. The second kappa shape index (κ2) is 11.9. The molecule has 11 rings (SSSR count). The Kier molecular flexibility index (Phi) is 6.73. The van der Waals surface area contributed by atoms with Crippen LogP contribution in [-0.4, -0.2) is 9.55 Å². The molecule has 0 bridgehead atoms. The van der Waals surface area contributed by atoms with E-state index in [0.29, 0.717) is 0 Å². The molecule has 3 aromatic heterocycles. The van der Waals surface area contributed by atoms with E-state index in [1.807, 2.05) is 11.3 Å². The zero-order chi connectivity index (χ0) is 34.9. The second-order valence-electron chi connectivity index (χ2n) is 13.5. The Morgan fingerprint density at radius 1 is 0.434 bits per heavy atom. The lowest BCUT2D eigenvalue weighted by Gasteiger charge is -2.26. The minimum atomic E-state index is 0.988. The van der Waals surface area contributed by atoms with Gasteiger partial charge in [0.25, 0.3) is 0 Å². The van der Waals surface area contributed by atoms with Crippen molar-refractivity contribution in [3.63, 3.8) is 0 Å². The van der Waals surface area contributed by atoms with Gasteiger partial charge in [0.15, 0.2) is 0 Å². The number of pyridine rings is 1. The van der Waals surface area contributed by atoms with Crippen molar-refractivity contribution in [3.8, 4) is 16.9 Å². The minimum absolute atomic E-state index is 0.988. The summed E-state index contributed by atoms with van der Waals surface area (Å²) in [4.78, 5) is 7.75. The molecule has 0 aliphatic rings. The van der Waals surface area contributed by atoms with Crippen LogP contribution >= 0.6 is 11.3 Å². The maximum absolute atomic E-state index is 5.36. The van der Waals surface area contributed by atoms with Crippen LogP contribution < -0.4 is 4.90 Å². The summed E-state index contributed by atoms with van der Waals surface area (Å²) in [7, 11) is 0. The number of para-hydroxylation sites is 4. The zero-order valence-electron chi connectivity index (χ0n) is 28.6. The Morgan fingerprint density at radius 3 is 1.92 bits per heavy atom. The number of hydrogen-bond donors (Lipinski definition) is 0. The molecule has 0 saturated carbocycles. The number of anilines is 3. The third-order valence-corrected chi connectivity index (χ3v) is 11.8. The van der Waals surface area contributed by atoms with Crippen molar-refractivity contribution in [1.29, 1.82) is 0 Å². The molecule has 0 amide bonds. The molecule has 0 aliphatic carbocycles. The van der Waals surface area contributed by atoms with Crippen LogP contribution in [0.4, 0.5) is 17.1 Å². The van der Waals surface area contributed by atoms with E-state index >= 15 is 0 Å². The average Bonchev–Trinajstić information content (AvgIpc) is 3.78. The van der Waals surface area contributed by atoms with Crippen LogP contribution in [0.25, 0.3) is 80.6 Å². The topological polar surface area (TPSA) is 21.1 Å². The standard InChI is InChI=1S/C49H31N3S/c1-3-14-33(15-4-1)51(44-24-13-21-37-36-18-9-12-25-45(36)53-49(37)44)35-28-26-32(27-29-35)48-40-30-31-43-47(46(40)38-19-7-10-22-41(38)50-48)39-20-8-11-23-42(39)52(43)34-16-5-2-6-17-34/h1-31H. The molecule has 3 heterocycles. The van der Waals surface area contributed by atoms with Crippen LogP contribution in [0.3, 0.4) is 0 Å². The third kappa shape index (κ3) is 4.63. The summed E-state index contributed by atoms with van der Waals surface area (Å²) in [6, 6.07) is 67.6. The van der Waals surface area contributed by atoms with E-state index in [0.717, 1.165) is 44.6 Å². The monoisotopic (exact) mass is 693 g/mol. The number of hydrogen-bond acceptors (Lipinski definition) is 3. The van der Waals surface area contributed by atoms with Gasteiger partial charge in [0.2, 0.25) is 0 Å². The highest BCUT2D eigenvalue weighted by Crippen LogP contribution is 2.46. The first kappa shape index (κ1) is 29.9. The van der Waals surface area contributed by atoms with Crippen molar-refractivity contribution in [1.82, 2.24) is 9.55 Å². The summed E-state index contributed by atoms with van der Waals surface area (Å²) in [6.07, 6.45) is 0. The number of rotatable bonds is 5. The first-order valence-corrected chi connectivity index (χ1v) is 18.8. The number of thiophene rings is 1. The van der Waals surface area contributed by atoms with Gasteiger partial charge < -0.3 is 9.47 Å². The zero-order valence-corrected chi connectivity index (χ0v) is 29.5. The molecule has 0 atom stereocenters. The SMILES string of the molecule is c1ccc(N(c2ccc(-c3nc4ccccc4c4c3ccc3c4c4ccccc4n3-c3ccccc3)cc2)c2cccc3c2sc2ccccc23)cc1. The summed E-state index contributed by atoms with van der Waals surface area (Å²) >= 11 is 1.86. The molecule has 0 radical (unpaired) electrons. The van der Waals surface area contributed by atoms with E-state index in [-0.39, 0.29) is 0 Å². The van der Waals surface area contributed by atoms with Gasteiger partial charge in [-0.1, -0.05) is 121 Å². The van der Waals surface area contributed by atoms with Crippen LogP contribution in [0.1, 0.15) is 0 Å². The van der Waals surface area contributed by atoms with Gasteiger partial charge in [-0.2, -0.15) is 0 Å². The minimum Gasteiger partial charge on any atom is -0.309 e. The van der Waals surface area contributed by atoms with Gasteiger partial charge in [0, 0.05) is 65.0 Å². The molecule has 3 nitrogen and oxygen atoms in total. The largest absolute Gasteiger partial charge is 0.309 e. The Hall–Kier alpha value is -6.75. The molecule has 0 N–H and O–H groups in total. The highest BCUT2D eigenvalue weighted by Gasteiger charge is 2.21. The Bertz CT molecular complexity index is 3160. The van der Waals surface area contributed by atoms with E-state index in [1.54, 1.807) is 0 Å². The van der Waals surface area contributed by atoms with Crippen molar-refractivity contribution in [2.24, 2.45) is 0 Å². The molecule has 53 heavy (non-hydrogen) atoms. The van der Waals surface area contributed by atoms with Crippen molar-refractivity contribution in [2.75, 3.05) is 4.90 Å². The third-order valence-electron chi connectivity index (χ3n) is 10.6. The summed E-state index contributed by atoms with van der Waals surface area (Å²) in [5, 5.41) is 8.63. The second-order valence-corrected chi connectivity index (χ2v) is 14.6. The predicted molar refractivity (Wildman–Crippen MR) is 227 cm³/mol. The highest BCUT2D eigenvalue weighted by atomic mass is 32.1. The van der Waals surface area contributed by atoms with Crippen LogP contribution in [-0.2, 0) is 0 Å². The fourth-order valence-electron chi connectivity index (χ4n) is 8.26. The Morgan fingerprint density at radius 2 is 1.09 bits per heavy atom. The lowest BCUT2D eigenvalue weighted by Crippen LogP contribution is -2.09. The van der Waals surface area contributed by atoms with E-state index < -0.39 is 0 Å². The first-order valence-electron chi connectivity index (χ1n) is 18.0. The molecular formula is C49H31N3S. The molecule has 4 heteroatoms. The molecule has 248 valence electrons. The maximum atomic E-state index is 5.36. The van der Waals surface area contributed by atoms with E-state index in [1.165, 1.54) is 53.1 Å². The predicted octanol–water partition coefficient (Wildman–Crippen LogP) is 14.0. The van der Waals surface area contributed by atoms with Crippen molar-refractivity contribution >= 4 is 92.1 Å². The maximum Gasteiger partial charge on any atom is 0.0788 e. The summed E-state index contributed by atoms with van der Waals surface area (Å²) < 4.78 is 4.97. The highest BCUT2D eigenvalue weighted by molar-refractivity contribution is 7.26. The Balaban J connectivity index is 1.13. The number of nitrogens with zero attached hydrogens (tertiary/aromatic N) is 3. The first-order chi connectivity index (χ1) is 26.3. The molecule has 11 aromatic rings. The quantitative estimate of drug-likeness (QED) is 0.167. The molecule has 0 unspecified atom stereocenters. The van der Waals surface area contributed by atoms with Gasteiger partial charge in [0.1, 0.15) is 0 Å².